The first-order valence-electron chi connectivity index (χ1n) is 7.95. The molecular formula is C17H25NO2. The van der Waals surface area contributed by atoms with Crippen molar-refractivity contribution in [2.45, 2.75) is 57.2 Å². The zero-order valence-corrected chi connectivity index (χ0v) is 12.4. The molecule has 1 spiro atoms. The van der Waals surface area contributed by atoms with E-state index in [9.17, 15) is 0 Å². The van der Waals surface area contributed by atoms with Crippen LogP contribution in [0.15, 0.2) is 24.3 Å². The number of hydrogen-bond donors (Lipinski definition) is 1. The van der Waals surface area contributed by atoms with Crippen LogP contribution in [0.3, 0.4) is 0 Å². The van der Waals surface area contributed by atoms with Crippen molar-refractivity contribution in [2.75, 3.05) is 18.5 Å². The molecule has 3 rings (SSSR count). The summed E-state index contributed by atoms with van der Waals surface area (Å²) >= 11 is 0. The Labute approximate surface area is 121 Å². The molecule has 20 heavy (non-hydrogen) atoms. The van der Waals surface area contributed by atoms with E-state index in [0.29, 0.717) is 12.7 Å². The minimum Gasteiger partial charge on any atom is -0.492 e. The number of para-hydroxylation sites is 2. The summed E-state index contributed by atoms with van der Waals surface area (Å²) in [6.45, 7) is 3.59. The van der Waals surface area contributed by atoms with Crippen LogP contribution in [-0.2, 0) is 4.74 Å². The fourth-order valence-corrected chi connectivity index (χ4v) is 3.54. The summed E-state index contributed by atoms with van der Waals surface area (Å²) in [4.78, 5) is 0. The van der Waals surface area contributed by atoms with Crippen molar-refractivity contribution in [3.8, 4) is 5.75 Å². The molecule has 1 N–H and O–H groups in total. The van der Waals surface area contributed by atoms with Gasteiger partial charge in [0.25, 0.3) is 0 Å². The smallest absolute Gasteiger partial charge is 0.142 e. The lowest BCUT2D eigenvalue weighted by atomic mass is 9.98. The molecule has 110 valence electrons. The van der Waals surface area contributed by atoms with Crippen molar-refractivity contribution in [1.82, 2.24) is 0 Å². The summed E-state index contributed by atoms with van der Waals surface area (Å²) in [5, 5.41) is 3.50. The number of anilines is 1. The highest BCUT2D eigenvalue weighted by Gasteiger charge is 2.41. The summed E-state index contributed by atoms with van der Waals surface area (Å²) in [5.74, 6) is 0.934. The molecule has 3 heteroatoms. The van der Waals surface area contributed by atoms with Gasteiger partial charge in [0.2, 0.25) is 0 Å². The summed E-state index contributed by atoms with van der Waals surface area (Å²) in [5.41, 5.74) is 1.30. The van der Waals surface area contributed by atoms with E-state index in [-0.39, 0.29) is 5.60 Å². The molecule has 1 aromatic rings. The van der Waals surface area contributed by atoms with E-state index in [0.717, 1.165) is 18.0 Å². The first-order chi connectivity index (χ1) is 9.81. The number of nitrogens with one attached hydrogen (secondary N) is 1. The number of hydrogen-bond acceptors (Lipinski definition) is 3. The minimum atomic E-state index is 0.228. The van der Waals surface area contributed by atoms with Gasteiger partial charge in [-0.15, -0.1) is 0 Å². The van der Waals surface area contributed by atoms with Crippen molar-refractivity contribution in [3.05, 3.63) is 24.3 Å². The molecule has 1 heterocycles. The van der Waals surface area contributed by atoms with Crippen LogP contribution in [0, 0.1) is 0 Å². The van der Waals surface area contributed by atoms with Gasteiger partial charge >= 0.3 is 0 Å². The van der Waals surface area contributed by atoms with E-state index in [1.165, 1.54) is 38.5 Å². The normalized spacial score (nSPS) is 24.1. The Kier molecular flexibility index (Phi) is 4.16. The SMILES string of the molecule is CCOc1ccccc1NCC1CCC2(CCCC2)O1. The maximum Gasteiger partial charge on any atom is 0.142 e. The Morgan fingerprint density at radius 3 is 2.85 bits per heavy atom. The molecule has 2 fully saturated rings. The van der Waals surface area contributed by atoms with Crippen LogP contribution in [0.25, 0.3) is 0 Å². The Morgan fingerprint density at radius 2 is 2.05 bits per heavy atom. The van der Waals surface area contributed by atoms with Gasteiger partial charge in [-0.3, -0.25) is 0 Å². The second kappa shape index (κ2) is 6.04. The zero-order chi connectivity index (χ0) is 13.8. The van der Waals surface area contributed by atoms with Crippen molar-refractivity contribution < 1.29 is 9.47 Å². The fraction of sp³-hybridized carbons (Fsp3) is 0.647. The largest absolute Gasteiger partial charge is 0.492 e. The van der Waals surface area contributed by atoms with Gasteiger partial charge in [0.15, 0.2) is 0 Å². The number of ether oxygens (including phenoxy) is 2. The van der Waals surface area contributed by atoms with Crippen LogP contribution in [0.2, 0.25) is 0 Å². The summed E-state index contributed by atoms with van der Waals surface area (Å²) < 4.78 is 12.0. The van der Waals surface area contributed by atoms with E-state index < -0.39 is 0 Å². The predicted octanol–water partition coefficient (Wildman–Crippen LogP) is 3.99. The first kappa shape index (κ1) is 13.7. The van der Waals surface area contributed by atoms with E-state index in [1.807, 2.05) is 25.1 Å². The lowest BCUT2D eigenvalue weighted by molar-refractivity contribution is -0.0307. The molecule has 1 unspecified atom stereocenters. The molecule has 0 aromatic heterocycles. The Bertz CT molecular complexity index is 440. The zero-order valence-electron chi connectivity index (χ0n) is 12.4. The van der Waals surface area contributed by atoms with Crippen molar-refractivity contribution >= 4 is 5.69 Å². The van der Waals surface area contributed by atoms with Gasteiger partial charge < -0.3 is 14.8 Å². The van der Waals surface area contributed by atoms with Crippen LogP contribution in [-0.4, -0.2) is 24.9 Å². The average Bonchev–Trinajstić information content (AvgIpc) is 3.09. The van der Waals surface area contributed by atoms with Crippen LogP contribution in [0.1, 0.15) is 45.4 Å². The van der Waals surface area contributed by atoms with Gasteiger partial charge in [0, 0.05) is 6.54 Å². The highest BCUT2D eigenvalue weighted by molar-refractivity contribution is 5.56. The molecule has 1 saturated heterocycles. The average molecular weight is 275 g/mol. The third-order valence-electron chi connectivity index (χ3n) is 4.56. The Balaban J connectivity index is 1.55. The van der Waals surface area contributed by atoms with Crippen molar-refractivity contribution in [3.63, 3.8) is 0 Å². The maximum absolute atomic E-state index is 6.33. The third-order valence-corrected chi connectivity index (χ3v) is 4.56. The molecule has 0 radical (unpaired) electrons. The van der Waals surface area contributed by atoms with Crippen LogP contribution >= 0.6 is 0 Å². The van der Waals surface area contributed by atoms with Gasteiger partial charge in [-0.2, -0.15) is 0 Å². The molecule has 1 atom stereocenters. The fourth-order valence-electron chi connectivity index (χ4n) is 3.54. The molecular weight excluding hydrogens is 250 g/mol. The van der Waals surface area contributed by atoms with E-state index >= 15 is 0 Å². The summed E-state index contributed by atoms with van der Waals surface area (Å²) in [7, 11) is 0. The van der Waals surface area contributed by atoms with Crippen molar-refractivity contribution in [1.29, 1.82) is 0 Å². The van der Waals surface area contributed by atoms with Gasteiger partial charge in [0.1, 0.15) is 5.75 Å². The Morgan fingerprint density at radius 1 is 1.25 bits per heavy atom. The maximum atomic E-state index is 6.33. The molecule has 1 saturated carbocycles. The standard InChI is InChI=1S/C17H25NO2/c1-2-19-16-8-4-3-7-15(16)18-13-14-9-12-17(20-14)10-5-6-11-17/h3-4,7-8,14,18H,2,5-6,9-13H2,1H3. The summed E-state index contributed by atoms with van der Waals surface area (Å²) in [6, 6.07) is 8.14. The lowest BCUT2D eigenvalue weighted by Gasteiger charge is -2.24. The Hall–Kier alpha value is -1.22. The molecule has 0 bridgehead atoms. The minimum absolute atomic E-state index is 0.228. The van der Waals surface area contributed by atoms with Crippen LogP contribution in [0.4, 0.5) is 5.69 Å². The van der Waals surface area contributed by atoms with Gasteiger partial charge in [-0.25, -0.2) is 0 Å². The predicted molar refractivity (Wildman–Crippen MR) is 81.4 cm³/mol. The lowest BCUT2D eigenvalue weighted by Crippen LogP contribution is -2.28. The van der Waals surface area contributed by atoms with Crippen molar-refractivity contribution in [2.24, 2.45) is 0 Å². The summed E-state index contributed by atoms with van der Waals surface area (Å²) in [6.07, 6.45) is 7.98. The second-order valence-corrected chi connectivity index (χ2v) is 5.98. The van der Waals surface area contributed by atoms with Gasteiger partial charge in [-0.05, 0) is 44.7 Å². The van der Waals surface area contributed by atoms with Crippen LogP contribution in [0.5, 0.6) is 5.75 Å². The quantitative estimate of drug-likeness (QED) is 0.881. The van der Waals surface area contributed by atoms with E-state index in [2.05, 4.69) is 11.4 Å². The first-order valence-corrected chi connectivity index (χ1v) is 7.95. The number of benzene rings is 1. The highest BCUT2D eigenvalue weighted by Crippen LogP contribution is 2.43. The topological polar surface area (TPSA) is 30.5 Å². The number of rotatable bonds is 5. The highest BCUT2D eigenvalue weighted by atomic mass is 16.5. The third kappa shape index (κ3) is 2.93. The second-order valence-electron chi connectivity index (χ2n) is 5.98. The monoisotopic (exact) mass is 275 g/mol. The van der Waals surface area contributed by atoms with Gasteiger partial charge in [-0.1, -0.05) is 25.0 Å². The molecule has 1 aliphatic carbocycles. The van der Waals surface area contributed by atoms with Gasteiger partial charge in [0.05, 0.1) is 24.0 Å². The van der Waals surface area contributed by atoms with E-state index in [4.69, 9.17) is 9.47 Å². The van der Waals surface area contributed by atoms with E-state index in [1.54, 1.807) is 0 Å². The molecule has 1 aromatic carbocycles. The molecule has 0 amide bonds. The molecule has 1 aliphatic heterocycles. The van der Waals surface area contributed by atoms with Crippen LogP contribution < -0.4 is 10.1 Å². The molecule has 3 nitrogen and oxygen atoms in total. The molecule has 2 aliphatic rings.